The van der Waals surface area contributed by atoms with Gasteiger partial charge in [-0.25, -0.2) is 0 Å². The number of ether oxygens (including phenoxy) is 2. The zero-order valence-corrected chi connectivity index (χ0v) is 17.7. The summed E-state index contributed by atoms with van der Waals surface area (Å²) in [5.74, 6) is 3.46. The van der Waals surface area contributed by atoms with Crippen molar-refractivity contribution in [3.63, 3.8) is 0 Å². The monoisotopic (exact) mass is 411 g/mol. The quantitative estimate of drug-likeness (QED) is 0.739. The Morgan fingerprint density at radius 1 is 0.900 bits per heavy atom. The standard InChI is InChI=1S/C25H33NO4/c26-9-10-27-22-3-1-16(2-4-22)17-5-7-24(8-6-17)28-25(30-29-24)20-12-18-11-19-13-21(25)15-23(18,19)14-20/h1-4,17-21H,5-15,26H2. The van der Waals surface area contributed by atoms with Crippen LogP contribution in [0.1, 0.15) is 69.3 Å². The van der Waals surface area contributed by atoms with E-state index in [4.69, 9.17) is 25.0 Å². The lowest BCUT2D eigenvalue weighted by Crippen LogP contribution is -2.50. The highest BCUT2D eigenvalue weighted by Crippen LogP contribution is 2.79. The third-order valence-electron chi connectivity index (χ3n) is 9.88. The second-order valence-electron chi connectivity index (χ2n) is 11.0. The van der Waals surface area contributed by atoms with Gasteiger partial charge in [0.15, 0.2) is 0 Å². The van der Waals surface area contributed by atoms with E-state index in [-0.39, 0.29) is 0 Å². The topological polar surface area (TPSA) is 62.9 Å². The lowest BCUT2D eigenvalue weighted by Gasteiger charge is -2.49. The molecule has 3 bridgehead atoms. The fraction of sp³-hybridized carbons (Fsp3) is 0.760. The van der Waals surface area contributed by atoms with Gasteiger partial charge in [0.1, 0.15) is 12.4 Å². The Morgan fingerprint density at radius 2 is 1.57 bits per heavy atom. The van der Waals surface area contributed by atoms with Gasteiger partial charge in [-0.05, 0) is 85.8 Å². The number of hydrogen-bond acceptors (Lipinski definition) is 5. The predicted molar refractivity (Wildman–Crippen MR) is 110 cm³/mol. The van der Waals surface area contributed by atoms with Gasteiger partial charge in [0.2, 0.25) is 11.6 Å². The molecule has 0 aromatic heterocycles. The number of benzene rings is 1. The Labute approximate surface area is 178 Å². The summed E-state index contributed by atoms with van der Waals surface area (Å²) < 4.78 is 12.5. The lowest BCUT2D eigenvalue weighted by atomic mass is 9.56. The Morgan fingerprint density at radius 3 is 2.23 bits per heavy atom. The van der Waals surface area contributed by atoms with E-state index in [1.54, 1.807) is 0 Å². The average molecular weight is 412 g/mol. The molecule has 7 rings (SSSR count). The highest BCUT2D eigenvalue weighted by molar-refractivity contribution is 5.30. The summed E-state index contributed by atoms with van der Waals surface area (Å²) in [4.78, 5) is 12.4. The van der Waals surface area contributed by atoms with Gasteiger partial charge in [0, 0.05) is 31.2 Å². The Balaban J connectivity index is 1.04. The first kappa shape index (κ1) is 18.4. The fourth-order valence-corrected chi connectivity index (χ4v) is 8.47. The third kappa shape index (κ3) is 2.33. The van der Waals surface area contributed by atoms with Crippen LogP contribution < -0.4 is 10.5 Å². The molecule has 1 aromatic carbocycles. The van der Waals surface area contributed by atoms with Crippen LogP contribution in [0.5, 0.6) is 5.75 Å². The largest absolute Gasteiger partial charge is 0.492 e. The molecule has 5 nitrogen and oxygen atoms in total. The van der Waals surface area contributed by atoms with Crippen LogP contribution >= 0.6 is 0 Å². The molecule has 4 atom stereocenters. The molecule has 1 aliphatic heterocycles. The second kappa shape index (κ2) is 6.22. The molecule has 0 amide bonds. The maximum absolute atomic E-state index is 6.92. The van der Waals surface area contributed by atoms with Crippen molar-refractivity contribution >= 4 is 0 Å². The molecule has 1 saturated heterocycles. The summed E-state index contributed by atoms with van der Waals surface area (Å²) in [5, 5.41) is 0. The smallest absolute Gasteiger partial charge is 0.210 e. The zero-order chi connectivity index (χ0) is 20.0. The minimum atomic E-state index is -0.518. The van der Waals surface area contributed by atoms with Crippen molar-refractivity contribution < 1.29 is 19.2 Å². The minimum Gasteiger partial charge on any atom is -0.492 e. The van der Waals surface area contributed by atoms with Gasteiger partial charge in [-0.3, -0.25) is 0 Å². The second-order valence-corrected chi connectivity index (χ2v) is 11.0. The molecule has 1 heterocycles. The van der Waals surface area contributed by atoms with Gasteiger partial charge >= 0.3 is 0 Å². The number of fused-ring (bicyclic) bond motifs is 4. The van der Waals surface area contributed by atoms with Crippen LogP contribution in [0.15, 0.2) is 24.3 Å². The third-order valence-corrected chi connectivity index (χ3v) is 9.88. The van der Waals surface area contributed by atoms with E-state index in [0.29, 0.717) is 36.3 Å². The summed E-state index contributed by atoms with van der Waals surface area (Å²) in [6.45, 7) is 1.10. The van der Waals surface area contributed by atoms with Crippen LogP contribution in [-0.4, -0.2) is 24.7 Å². The summed E-state index contributed by atoms with van der Waals surface area (Å²) in [5.41, 5.74) is 7.57. The van der Waals surface area contributed by atoms with E-state index in [1.807, 2.05) is 0 Å². The molecule has 0 radical (unpaired) electrons. The van der Waals surface area contributed by atoms with Crippen LogP contribution in [0.25, 0.3) is 0 Å². The van der Waals surface area contributed by atoms with Crippen molar-refractivity contribution in [2.75, 3.05) is 13.2 Å². The average Bonchev–Trinajstić information content (AvgIpc) is 3.35. The number of rotatable bonds is 4. The summed E-state index contributed by atoms with van der Waals surface area (Å²) in [6, 6.07) is 8.53. The van der Waals surface area contributed by atoms with Gasteiger partial charge in [-0.15, -0.1) is 0 Å². The SMILES string of the molecule is NCCOc1ccc(C2CCC3(CC2)OOC2(O3)C3CC4CC5CC2CC45C3)cc1. The van der Waals surface area contributed by atoms with Crippen molar-refractivity contribution in [3.8, 4) is 5.75 Å². The first-order chi connectivity index (χ1) is 14.6. The van der Waals surface area contributed by atoms with Crippen molar-refractivity contribution in [3.05, 3.63) is 29.8 Å². The van der Waals surface area contributed by atoms with E-state index in [9.17, 15) is 0 Å². The highest BCUT2D eigenvalue weighted by Gasteiger charge is 2.77. The van der Waals surface area contributed by atoms with Gasteiger partial charge in [-0.2, -0.15) is 9.78 Å². The van der Waals surface area contributed by atoms with Crippen molar-refractivity contribution in [1.29, 1.82) is 0 Å². The van der Waals surface area contributed by atoms with E-state index in [0.717, 1.165) is 43.3 Å². The minimum absolute atomic E-state index is 0.442. The molecule has 4 unspecified atom stereocenters. The Bertz CT molecular complexity index is 806. The number of hydrogen-bond donors (Lipinski definition) is 1. The van der Waals surface area contributed by atoms with E-state index in [1.165, 1.54) is 37.7 Å². The van der Waals surface area contributed by atoms with Gasteiger partial charge < -0.3 is 15.2 Å². The lowest BCUT2D eigenvalue weighted by molar-refractivity contribution is -0.374. The Kier molecular flexibility index (Phi) is 3.82. The summed E-state index contributed by atoms with van der Waals surface area (Å²) in [6.07, 6.45) is 10.7. The molecule has 1 aromatic rings. The summed E-state index contributed by atoms with van der Waals surface area (Å²) >= 11 is 0. The molecule has 2 N–H and O–H groups in total. The van der Waals surface area contributed by atoms with Crippen LogP contribution in [0.4, 0.5) is 0 Å². The van der Waals surface area contributed by atoms with Crippen molar-refractivity contribution in [2.45, 2.75) is 75.3 Å². The van der Waals surface area contributed by atoms with Crippen LogP contribution in [-0.2, 0) is 14.5 Å². The zero-order valence-electron chi connectivity index (χ0n) is 17.7. The maximum Gasteiger partial charge on any atom is 0.210 e. The van der Waals surface area contributed by atoms with Crippen molar-refractivity contribution in [2.24, 2.45) is 34.8 Å². The molecule has 5 heteroatoms. The van der Waals surface area contributed by atoms with Gasteiger partial charge in [0.05, 0.1) is 0 Å². The normalized spacial score (nSPS) is 50.2. The highest BCUT2D eigenvalue weighted by atomic mass is 17.3. The summed E-state index contributed by atoms with van der Waals surface area (Å²) in [7, 11) is 0. The molecule has 5 saturated carbocycles. The first-order valence-corrected chi connectivity index (χ1v) is 12.1. The first-order valence-electron chi connectivity index (χ1n) is 12.1. The van der Waals surface area contributed by atoms with Crippen molar-refractivity contribution in [1.82, 2.24) is 0 Å². The van der Waals surface area contributed by atoms with E-state index >= 15 is 0 Å². The fourth-order valence-electron chi connectivity index (χ4n) is 8.47. The molecular weight excluding hydrogens is 378 g/mol. The number of nitrogens with two attached hydrogens (primary N) is 1. The predicted octanol–water partition coefficient (Wildman–Crippen LogP) is 4.51. The molecule has 162 valence electrons. The van der Waals surface area contributed by atoms with Gasteiger partial charge in [-0.1, -0.05) is 12.1 Å². The Hall–Kier alpha value is -1.14. The van der Waals surface area contributed by atoms with Crippen LogP contribution in [0.3, 0.4) is 0 Å². The van der Waals surface area contributed by atoms with Crippen LogP contribution in [0, 0.1) is 29.1 Å². The van der Waals surface area contributed by atoms with Crippen LogP contribution in [0.2, 0.25) is 0 Å². The van der Waals surface area contributed by atoms with E-state index in [2.05, 4.69) is 24.3 Å². The molecule has 30 heavy (non-hydrogen) atoms. The van der Waals surface area contributed by atoms with E-state index < -0.39 is 11.6 Å². The molecular formula is C25H33NO4. The molecule has 6 fully saturated rings. The molecule has 3 spiro atoms. The molecule has 5 aliphatic carbocycles. The molecule has 6 aliphatic rings. The maximum atomic E-state index is 6.92. The van der Waals surface area contributed by atoms with Gasteiger partial charge in [0.25, 0.3) is 0 Å².